The summed E-state index contributed by atoms with van der Waals surface area (Å²) < 4.78 is 1.53. The normalized spacial score (nSPS) is 12.8. The maximum absolute atomic E-state index is 11.9. The Bertz CT molecular complexity index is 1500. The van der Waals surface area contributed by atoms with Gasteiger partial charge in [0.05, 0.1) is 0 Å². The molecule has 1 aliphatic rings. The van der Waals surface area contributed by atoms with Gasteiger partial charge in [-0.1, -0.05) is 289 Å². The number of benzene rings is 2. The Kier molecular flexibility index (Phi) is 35.5. The maximum Gasteiger partial charge on any atom is 0.210 e. The summed E-state index contributed by atoms with van der Waals surface area (Å²) in [7, 11) is 0. The summed E-state index contributed by atoms with van der Waals surface area (Å²) in [5.74, 6) is 0. The monoisotopic (exact) mass is 891 g/mol. The van der Waals surface area contributed by atoms with Crippen molar-refractivity contribution in [2.45, 2.75) is 303 Å². The van der Waals surface area contributed by atoms with Crippen molar-refractivity contribution in [3.05, 3.63) is 88.0 Å². The predicted octanol–water partition coefficient (Wildman–Crippen LogP) is 22.0. The fourth-order valence-electron chi connectivity index (χ4n) is 10.4. The van der Waals surface area contributed by atoms with Crippen LogP contribution in [0.5, 0.6) is 0 Å². The molecule has 0 N–H and O–H groups in total. The van der Waals surface area contributed by atoms with Gasteiger partial charge in [-0.25, -0.2) is 4.70 Å². The lowest BCUT2D eigenvalue weighted by Crippen LogP contribution is -2.03. The lowest BCUT2D eigenvalue weighted by molar-refractivity contribution is -0.344. The molecule has 0 fully saturated rings. The highest BCUT2D eigenvalue weighted by atomic mass is 15.2. The maximum atomic E-state index is 11.9. The van der Waals surface area contributed by atoms with Crippen LogP contribution < -0.4 is 0 Å². The molecule has 1 aliphatic heterocycles. The summed E-state index contributed by atoms with van der Waals surface area (Å²) in [4.78, 5) is 0. The van der Waals surface area contributed by atoms with Crippen LogP contribution in [0, 0.1) is 0 Å². The SMILES string of the molecule is CCCCCCCCCCCCCCCCCCCCCCCCCCCCC1=C(c2cccc(CCCC)c2)[N+](=[N-])C(c2cccc(CCCCCCCCCCCCCCC)c2)=C1. The second-order valence-corrected chi connectivity index (χ2v) is 20.8. The van der Waals surface area contributed by atoms with E-state index in [0.29, 0.717) is 0 Å². The van der Waals surface area contributed by atoms with Gasteiger partial charge in [0.1, 0.15) is 0 Å². The zero-order valence-electron chi connectivity index (χ0n) is 43.7. The van der Waals surface area contributed by atoms with E-state index in [0.717, 1.165) is 41.8 Å². The minimum Gasteiger partial charge on any atom is -0.493 e. The number of rotatable bonds is 46. The van der Waals surface area contributed by atoms with E-state index in [2.05, 4.69) is 75.4 Å². The van der Waals surface area contributed by atoms with Gasteiger partial charge in [-0.15, -0.1) is 0 Å². The molecule has 0 spiro atoms. The third-order valence-electron chi connectivity index (χ3n) is 14.7. The fourth-order valence-corrected chi connectivity index (χ4v) is 10.4. The summed E-state index contributed by atoms with van der Waals surface area (Å²) in [6.07, 6.45) is 63.1. The Morgan fingerprint density at radius 1 is 0.323 bits per heavy atom. The quantitative estimate of drug-likeness (QED) is 0.0467. The Morgan fingerprint density at radius 2 is 0.615 bits per heavy atom. The smallest absolute Gasteiger partial charge is 0.210 e. The van der Waals surface area contributed by atoms with Gasteiger partial charge in [0.15, 0.2) is 0 Å². The standard InChI is InChI=1S/C63H106N2/c1-4-7-10-12-14-16-18-20-21-22-23-24-25-26-27-28-29-30-31-32-34-36-38-40-42-44-51-61-56-62(65(64)63(61)60-53-46-50-57(55-60)47-9-6-3)59-52-45-49-58(54-59)48-43-41-39-37-35-33-19-17-15-13-11-8-5-2/h45-46,49-50,52-56H,4-44,47-48,51H2,1-3H3. The molecule has 0 radical (unpaired) electrons. The van der Waals surface area contributed by atoms with E-state index in [1.807, 2.05) is 0 Å². The summed E-state index contributed by atoms with van der Waals surface area (Å²) in [5, 5.41) is 0. The Morgan fingerprint density at radius 3 is 0.985 bits per heavy atom. The van der Waals surface area contributed by atoms with Crippen LogP contribution in [0.4, 0.5) is 0 Å². The minimum absolute atomic E-state index is 0.941. The van der Waals surface area contributed by atoms with Crippen LogP contribution in [0.1, 0.15) is 313 Å². The van der Waals surface area contributed by atoms with Crippen LogP contribution in [0.2, 0.25) is 0 Å². The van der Waals surface area contributed by atoms with Gasteiger partial charge in [0.2, 0.25) is 11.4 Å². The van der Waals surface area contributed by atoms with Crippen molar-refractivity contribution >= 4 is 11.4 Å². The second kappa shape index (κ2) is 40.6. The molecule has 2 nitrogen and oxygen atoms in total. The third kappa shape index (κ3) is 27.8. The first-order valence-corrected chi connectivity index (χ1v) is 29.3. The number of allylic oxidation sites excluding steroid dienone is 2. The van der Waals surface area contributed by atoms with Crippen molar-refractivity contribution in [3.63, 3.8) is 0 Å². The van der Waals surface area contributed by atoms with Crippen LogP contribution in [0.15, 0.2) is 60.2 Å². The van der Waals surface area contributed by atoms with Crippen LogP contribution >= 0.6 is 0 Å². The molecule has 0 aromatic heterocycles. The van der Waals surface area contributed by atoms with E-state index in [1.54, 1.807) is 0 Å². The predicted molar refractivity (Wildman–Crippen MR) is 290 cm³/mol. The van der Waals surface area contributed by atoms with Crippen molar-refractivity contribution in [3.8, 4) is 0 Å². The number of hydrogen-bond acceptors (Lipinski definition) is 0. The summed E-state index contributed by atoms with van der Waals surface area (Å²) >= 11 is 0. The Balaban J connectivity index is 1.29. The molecule has 2 heteroatoms. The van der Waals surface area contributed by atoms with Crippen LogP contribution in [0.3, 0.4) is 0 Å². The molecule has 0 unspecified atom stereocenters. The summed E-state index contributed by atoms with van der Waals surface area (Å²) in [6.45, 7) is 6.88. The zero-order valence-corrected chi connectivity index (χ0v) is 43.7. The van der Waals surface area contributed by atoms with Crippen molar-refractivity contribution in [1.82, 2.24) is 0 Å². The van der Waals surface area contributed by atoms with Crippen LogP contribution in [-0.2, 0) is 12.8 Å². The van der Waals surface area contributed by atoms with E-state index < -0.39 is 0 Å². The molecular formula is C63H106N2. The molecule has 2 aromatic rings. The van der Waals surface area contributed by atoms with Crippen LogP contribution in [-0.4, -0.2) is 4.70 Å². The molecule has 1 heterocycles. The van der Waals surface area contributed by atoms with Gasteiger partial charge in [0, 0.05) is 22.8 Å². The molecule has 368 valence electrons. The van der Waals surface area contributed by atoms with E-state index in [-0.39, 0.29) is 0 Å². The zero-order chi connectivity index (χ0) is 46.1. The average molecular weight is 892 g/mol. The minimum atomic E-state index is 0.941. The molecule has 65 heavy (non-hydrogen) atoms. The molecule has 3 rings (SSSR count). The van der Waals surface area contributed by atoms with Gasteiger partial charge in [-0.2, -0.15) is 0 Å². The highest BCUT2D eigenvalue weighted by Gasteiger charge is 2.29. The van der Waals surface area contributed by atoms with Gasteiger partial charge in [0.25, 0.3) is 0 Å². The Hall–Kier alpha value is -2.48. The molecule has 0 atom stereocenters. The lowest BCUT2D eigenvalue weighted by atomic mass is 9.98. The van der Waals surface area contributed by atoms with E-state index in [9.17, 15) is 5.53 Å². The largest absolute Gasteiger partial charge is 0.493 e. The highest BCUT2D eigenvalue weighted by molar-refractivity contribution is 5.78. The molecule has 0 amide bonds. The molecule has 0 aliphatic carbocycles. The van der Waals surface area contributed by atoms with Crippen molar-refractivity contribution in [2.24, 2.45) is 0 Å². The Labute approximate surface area is 405 Å². The number of aryl methyl sites for hydroxylation is 2. The van der Waals surface area contributed by atoms with Crippen molar-refractivity contribution in [2.75, 3.05) is 0 Å². The summed E-state index contributed by atoms with van der Waals surface area (Å²) in [6, 6.07) is 18.0. The molecular weight excluding hydrogens is 785 g/mol. The van der Waals surface area contributed by atoms with E-state index >= 15 is 0 Å². The number of hydrogen-bond donors (Lipinski definition) is 0. The van der Waals surface area contributed by atoms with Gasteiger partial charge < -0.3 is 5.53 Å². The first-order valence-electron chi connectivity index (χ1n) is 29.3. The van der Waals surface area contributed by atoms with Gasteiger partial charge in [-0.3, -0.25) is 0 Å². The van der Waals surface area contributed by atoms with Crippen LogP contribution in [0.25, 0.3) is 16.9 Å². The van der Waals surface area contributed by atoms with Crippen molar-refractivity contribution < 1.29 is 4.70 Å². The average Bonchev–Trinajstić information content (AvgIpc) is 3.66. The number of unbranched alkanes of at least 4 members (excludes halogenated alkanes) is 38. The van der Waals surface area contributed by atoms with Crippen molar-refractivity contribution in [1.29, 1.82) is 0 Å². The molecule has 2 aromatic carbocycles. The van der Waals surface area contributed by atoms with Gasteiger partial charge in [-0.05, 0) is 73.9 Å². The lowest BCUT2D eigenvalue weighted by Gasteiger charge is -2.12. The fraction of sp³-hybridized carbons (Fsp3) is 0.746. The highest BCUT2D eigenvalue weighted by Crippen LogP contribution is 2.38. The molecule has 0 saturated heterocycles. The molecule has 0 saturated carbocycles. The second-order valence-electron chi connectivity index (χ2n) is 20.8. The summed E-state index contributed by atoms with van der Waals surface area (Å²) in [5.41, 5.74) is 20.2. The number of nitrogens with zero attached hydrogens (tertiary/aromatic N) is 2. The van der Waals surface area contributed by atoms with E-state index in [1.165, 1.54) is 285 Å². The first-order chi connectivity index (χ1) is 32.2. The molecule has 0 bridgehead atoms. The van der Waals surface area contributed by atoms with Gasteiger partial charge >= 0.3 is 0 Å². The topological polar surface area (TPSA) is 25.3 Å². The first kappa shape index (κ1) is 56.8. The third-order valence-corrected chi connectivity index (χ3v) is 14.7. The van der Waals surface area contributed by atoms with E-state index in [4.69, 9.17) is 0 Å².